The van der Waals surface area contributed by atoms with Gasteiger partial charge in [0.25, 0.3) is 10.0 Å². The van der Waals surface area contributed by atoms with E-state index in [1.165, 1.54) is 6.07 Å². The summed E-state index contributed by atoms with van der Waals surface area (Å²) in [4.78, 5) is 12.9. The highest BCUT2D eigenvalue weighted by molar-refractivity contribution is 7.93. The molecular formula is C27H23F3N2O4S. The van der Waals surface area contributed by atoms with Crippen LogP contribution in [0.2, 0.25) is 0 Å². The lowest BCUT2D eigenvalue weighted by Crippen LogP contribution is -2.38. The van der Waals surface area contributed by atoms with E-state index in [0.717, 1.165) is 28.6 Å². The minimum atomic E-state index is -4.59. The number of sulfonamides is 1. The third kappa shape index (κ3) is 5.86. The Balaban J connectivity index is 1.71. The van der Waals surface area contributed by atoms with Crippen LogP contribution in [-0.2, 0) is 21.0 Å². The number of carbonyl (C=O) groups is 1. The first kappa shape index (κ1) is 26.0. The molecule has 1 N–H and O–H groups in total. The van der Waals surface area contributed by atoms with Crippen molar-refractivity contribution in [3.8, 4) is 5.75 Å². The Bertz CT molecular complexity index is 1500. The van der Waals surface area contributed by atoms with E-state index in [-0.39, 0.29) is 10.6 Å². The average molecular weight is 529 g/mol. The van der Waals surface area contributed by atoms with Gasteiger partial charge >= 0.3 is 6.18 Å². The fraction of sp³-hybridized carbons (Fsp3) is 0.148. The summed E-state index contributed by atoms with van der Waals surface area (Å²) >= 11 is 0. The maximum Gasteiger partial charge on any atom is 0.416 e. The van der Waals surface area contributed by atoms with E-state index in [1.54, 1.807) is 60.7 Å². The van der Waals surface area contributed by atoms with Crippen molar-refractivity contribution in [2.75, 3.05) is 22.8 Å². The first-order chi connectivity index (χ1) is 17.6. The van der Waals surface area contributed by atoms with Crippen LogP contribution < -0.4 is 14.4 Å². The smallest absolute Gasteiger partial charge is 0.416 e. The summed E-state index contributed by atoms with van der Waals surface area (Å²) in [6.07, 6.45) is -4.59. The van der Waals surface area contributed by atoms with Crippen LogP contribution >= 0.6 is 0 Å². The van der Waals surface area contributed by atoms with E-state index in [9.17, 15) is 26.4 Å². The number of amides is 1. The van der Waals surface area contributed by atoms with Gasteiger partial charge in [-0.1, -0.05) is 36.4 Å². The van der Waals surface area contributed by atoms with Crippen LogP contribution in [0.4, 0.5) is 24.5 Å². The molecule has 0 fully saturated rings. The number of nitrogens with zero attached hydrogens (tertiary/aromatic N) is 1. The minimum absolute atomic E-state index is 0.0700. The Kier molecular flexibility index (Phi) is 7.40. The van der Waals surface area contributed by atoms with Gasteiger partial charge in [0.15, 0.2) is 0 Å². The van der Waals surface area contributed by atoms with Crippen LogP contribution in [0.1, 0.15) is 12.5 Å². The molecule has 0 saturated heterocycles. The molecule has 0 bridgehead atoms. The van der Waals surface area contributed by atoms with Crippen LogP contribution in [0.15, 0.2) is 95.9 Å². The Morgan fingerprint density at radius 3 is 2.19 bits per heavy atom. The standard InChI is InChI=1S/C27H23F3N2O4S/c1-2-36-23-16-12-21(13-17-23)31-26(33)18-32(22-14-10-20(11-15-22)27(28,29)30)37(34,35)25-9-5-7-19-6-3-4-8-24(19)25/h3-17H,2,18H2,1H3,(H,31,33). The Morgan fingerprint density at radius 2 is 1.54 bits per heavy atom. The summed E-state index contributed by atoms with van der Waals surface area (Å²) in [6, 6.07) is 21.7. The number of benzene rings is 4. The third-order valence-corrected chi connectivity index (χ3v) is 7.37. The van der Waals surface area contributed by atoms with Crippen molar-refractivity contribution in [2.45, 2.75) is 18.0 Å². The number of hydrogen-bond acceptors (Lipinski definition) is 4. The van der Waals surface area contributed by atoms with Gasteiger partial charge in [-0.25, -0.2) is 8.42 Å². The van der Waals surface area contributed by atoms with Crippen LogP contribution in [0.25, 0.3) is 10.8 Å². The van der Waals surface area contributed by atoms with E-state index in [4.69, 9.17) is 4.74 Å². The van der Waals surface area contributed by atoms with Crippen molar-refractivity contribution in [3.63, 3.8) is 0 Å². The van der Waals surface area contributed by atoms with Crippen LogP contribution in [0.3, 0.4) is 0 Å². The van der Waals surface area contributed by atoms with E-state index < -0.39 is 34.2 Å². The summed E-state index contributed by atoms with van der Waals surface area (Å²) in [7, 11) is -4.36. The quantitative estimate of drug-likeness (QED) is 0.300. The number of halogens is 3. The van der Waals surface area contributed by atoms with Gasteiger partial charge in [-0.05, 0) is 66.9 Å². The largest absolute Gasteiger partial charge is 0.494 e. The van der Waals surface area contributed by atoms with Crippen LogP contribution in [0.5, 0.6) is 5.75 Å². The molecule has 4 rings (SSSR count). The predicted octanol–water partition coefficient (Wildman–Crippen LogP) is 6.09. The number of nitrogens with one attached hydrogen (secondary N) is 1. The molecule has 0 spiro atoms. The number of alkyl halides is 3. The SMILES string of the molecule is CCOc1ccc(NC(=O)CN(c2ccc(C(F)(F)F)cc2)S(=O)(=O)c2cccc3ccccc23)cc1. The summed E-state index contributed by atoms with van der Waals surface area (Å²) in [5.41, 5.74) is -0.608. The van der Waals surface area contributed by atoms with Gasteiger partial charge in [0, 0.05) is 11.1 Å². The second kappa shape index (κ2) is 10.5. The zero-order valence-corrected chi connectivity index (χ0v) is 20.5. The molecule has 6 nitrogen and oxygen atoms in total. The molecule has 0 unspecified atom stereocenters. The molecular weight excluding hydrogens is 505 g/mol. The van der Waals surface area contributed by atoms with Gasteiger partial charge in [-0.3, -0.25) is 9.10 Å². The Hall–Kier alpha value is -4.05. The van der Waals surface area contributed by atoms with E-state index >= 15 is 0 Å². The third-order valence-electron chi connectivity index (χ3n) is 5.54. The van der Waals surface area contributed by atoms with Gasteiger partial charge in [0.05, 0.1) is 22.8 Å². The highest BCUT2D eigenvalue weighted by atomic mass is 32.2. The summed E-state index contributed by atoms with van der Waals surface area (Å²) < 4.78 is 73.2. The first-order valence-corrected chi connectivity index (χ1v) is 12.7. The van der Waals surface area contributed by atoms with Gasteiger partial charge in [-0.2, -0.15) is 13.2 Å². The monoisotopic (exact) mass is 528 g/mol. The normalized spacial score (nSPS) is 11.8. The molecule has 0 aromatic heterocycles. The topological polar surface area (TPSA) is 75.7 Å². The summed E-state index contributed by atoms with van der Waals surface area (Å²) in [6.45, 7) is 1.64. The Labute approximate surface area is 212 Å². The van der Waals surface area contributed by atoms with Crippen molar-refractivity contribution in [3.05, 3.63) is 96.6 Å². The zero-order valence-electron chi connectivity index (χ0n) is 19.7. The molecule has 4 aromatic carbocycles. The van der Waals surface area contributed by atoms with Crippen LogP contribution in [0, 0.1) is 0 Å². The lowest BCUT2D eigenvalue weighted by molar-refractivity contribution is -0.137. The molecule has 0 aliphatic heterocycles. The second-order valence-corrected chi connectivity index (χ2v) is 9.87. The van der Waals surface area contributed by atoms with Crippen molar-refractivity contribution in [1.29, 1.82) is 0 Å². The fourth-order valence-corrected chi connectivity index (χ4v) is 5.44. The van der Waals surface area contributed by atoms with Crippen molar-refractivity contribution >= 4 is 38.1 Å². The van der Waals surface area contributed by atoms with Gasteiger partial charge in [-0.15, -0.1) is 0 Å². The number of ether oxygens (including phenoxy) is 1. The lowest BCUT2D eigenvalue weighted by Gasteiger charge is -2.25. The molecule has 4 aromatic rings. The summed E-state index contributed by atoms with van der Waals surface area (Å²) in [5.74, 6) is -0.0710. The van der Waals surface area contributed by atoms with E-state index in [0.29, 0.717) is 28.8 Å². The molecule has 10 heteroatoms. The Morgan fingerprint density at radius 1 is 0.892 bits per heavy atom. The second-order valence-electron chi connectivity index (χ2n) is 8.04. The molecule has 0 heterocycles. The first-order valence-electron chi connectivity index (χ1n) is 11.3. The van der Waals surface area contributed by atoms with E-state index in [2.05, 4.69) is 5.32 Å². The van der Waals surface area contributed by atoms with Crippen molar-refractivity contribution in [1.82, 2.24) is 0 Å². The summed E-state index contributed by atoms with van der Waals surface area (Å²) in [5, 5.41) is 3.71. The fourth-order valence-electron chi connectivity index (χ4n) is 3.80. The number of anilines is 2. The van der Waals surface area contributed by atoms with Crippen molar-refractivity contribution in [2.24, 2.45) is 0 Å². The molecule has 0 atom stereocenters. The number of hydrogen-bond donors (Lipinski definition) is 1. The minimum Gasteiger partial charge on any atom is -0.494 e. The molecule has 0 aliphatic rings. The number of carbonyl (C=O) groups excluding carboxylic acids is 1. The molecule has 0 saturated carbocycles. The number of fused-ring (bicyclic) bond motifs is 1. The van der Waals surface area contributed by atoms with Gasteiger partial charge in [0.2, 0.25) is 5.91 Å². The molecule has 192 valence electrons. The molecule has 0 aliphatic carbocycles. The molecule has 37 heavy (non-hydrogen) atoms. The zero-order chi connectivity index (χ0) is 26.6. The molecule has 1 amide bonds. The van der Waals surface area contributed by atoms with Crippen LogP contribution in [-0.4, -0.2) is 27.5 Å². The van der Waals surface area contributed by atoms with Gasteiger partial charge < -0.3 is 10.1 Å². The maximum atomic E-state index is 13.8. The van der Waals surface area contributed by atoms with E-state index in [1.807, 2.05) is 6.92 Å². The van der Waals surface area contributed by atoms with Gasteiger partial charge in [0.1, 0.15) is 12.3 Å². The molecule has 0 radical (unpaired) electrons. The lowest BCUT2D eigenvalue weighted by atomic mass is 10.1. The maximum absolute atomic E-state index is 13.8. The average Bonchev–Trinajstić information content (AvgIpc) is 2.88. The van der Waals surface area contributed by atoms with Crippen molar-refractivity contribution < 1.29 is 31.1 Å². The number of rotatable bonds is 8. The highest BCUT2D eigenvalue weighted by Crippen LogP contribution is 2.33. The predicted molar refractivity (Wildman–Crippen MR) is 136 cm³/mol. The highest BCUT2D eigenvalue weighted by Gasteiger charge is 2.32.